The Morgan fingerprint density at radius 1 is 0.931 bits per heavy atom. The highest BCUT2D eigenvalue weighted by Gasteiger charge is 2.16. The first kappa shape index (κ1) is 21.9. The summed E-state index contributed by atoms with van der Waals surface area (Å²) in [5, 5.41) is 2.75. The van der Waals surface area contributed by atoms with Gasteiger partial charge in [-0.25, -0.2) is 0 Å². The lowest BCUT2D eigenvalue weighted by atomic mass is 10.2. The van der Waals surface area contributed by atoms with E-state index in [0.29, 0.717) is 23.4 Å². The van der Waals surface area contributed by atoms with Gasteiger partial charge >= 0.3 is 0 Å². The Morgan fingerprint density at radius 3 is 2.17 bits per heavy atom. The predicted octanol–water partition coefficient (Wildman–Crippen LogP) is 3.22. The van der Waals surface area contributed by atoms with Crippen molar-refractivity contribution in [3.63, 3.8) is 0 Å². The van der Waals surface area contributed by atoms with Crippen LogP contribution in [0.5, 0.6) is 5.75 Å². The molecule has 7 heteroatoms. The van der Waals surface area contributed by atoms with Crippen molar-refractivity contribution in [3.8, 4) is 5.75 Å². The molecule has 0 aromatic heterocycles. The van der Waals surface area contributed by atoms with E-state index >= 15 is 0 Å². The third-order valence-corrected chi connectivity index (χ3v) is 4.22. The van der Waals surface area contributed by atoms with Gasteiger partial charge in [-0.05, 0) is 61.7 Å². The molecule has 0 bridgehead atoms. The van der Waals surface area contributed by atoms with Crippen LogP contribution in [-0.4, -0.2) is 23.8 Å². The van der Waals surface area contributed by atoms with Gasteiger partial charge in [0.15, 0.2) is 6.10 Å². The van der Waals surface area contributed by atoms with Crippen molar-refractivity contribution in [1.82, 2.24) is 10.9 Å². The number of benzene rings is 2. The highest BCUT2D eigenvalue weighted by Crippen LogP contribution is 2.14. The smallest absolute Gasteiger partial charge is 0.279 e. The van der Waals surface area contributed by atoms with E-state index < -0.39 is 17.9 Å². The average molecular weight is 397 g/mol. The topological polar surface area (TPSA) is 96.5 Å². The molecule has 2 rings (SSSR count). The van der Waals surface area contributed by atoms with Gasteiger partial charge in [-0.1, -0.05) is 26.0 Å². The molecule has 0 heterocycles. The molecule has 2 aromatic rings. The van der Waals surface area contributed by atoms with Gasteiger partial charge in [0, 0.05) is 17.7 Å². The molecule has 0 fully saturated rings. The van der Waals surface area contributed by atoms with Gasteiger partial charge in [0.05, 0.1) is 0 Å². The zero-order valence-corrected chi connectivity index (χ0v) is 17.0. The van der Waals surface area contributed by atoms with Gasteiger partial charge in [0.2, 0.25) is 5.91 Å². The van der Waals surface area contributed by atoms with Gasteiger partial charge in [-0.15, -0.1) is 0 Å². The van der Waals surface area contributed by atoms with Crippen LogP contribution >= 0.6 is 0 Å². The fourth-order valence-corrected chi connectivity index (χ4v) is 2.51. The number of amides is 3. The fraction of sp³-hybridized carbons (Fsp3) is 0.318. The second-order valence-corrected chi connectivity index (χ2v) is 6.58. The van der Waals surface area contributed by atoms with Crippen molar-refractivity contribution in [2.24, 2.45) is 0 Å². The summed E-state index contributed by atoms with van der Waals surface area (Å²) in [5.41, 5.74) is 6.85. The maximum atomic E-state index is 12.2. The van der Waals surface area contributed by atoms with Crippen molar-refractivity contribution in [3.05, 3.63) is 59.7 Å². The van der Waals surface area contributed by atoms with Crippen molar-refractivity contribution in [2.45, 2.75) is 46.1 Å². The minimum absolute atomic E-state index is 0.0738. The van der Waals surface area contributed by atoms with Crippen LogP contribution in [0.1, 0.15) is 49.5 Å². The van der Waals surface area contributed by atoms with Crippen LogP contribution in [0.4, 0.5) is 5.69 Å². The Morgan fingerprint density at radius 2 is 1.59 bits per heavy atom. The first-order valence-electron chi connectivity index (χ1n) is 9.68. The predicted molar refractivity (Wildman–Crippen MR) is 111 cm³/mol. The average Bonchev–Trinajstić information content (AvgIpc) is 2.73. The fourth-order valence-electron chi connectivity index (χ4n) is 2.51. The molecule has 3 amide bonds. The molecule has 0 aliphatic heterocycles. The molecule has 154 valence electrons. The van der Waals surface area contributed by atoms with E-state index in [2.05, 4.69) is 23.1 Å². The van der Waals surface area contributed by atoms with Crippen molar-refractivity contribution in [1.29, 1.82) is 0 Å². The second-order valence-electron chi connectivity index (χ2n) is 6.58. The summed E-state index contributed by atoms with van der Waals surface area (Å²) in [6.45, 7) is 5.59. The van der Waals surface area contributed by atoms with Gasteiger partial charge in [-0.3, -0.25) is 25.2 Å². The third-order valence-electron chi connectivity index (χ3n) is 4.22. The summed E-state index contributed by atoms with van der Waals surface area (Å²) in [5.74, 6) is -0.433. The van der Waals surface area contributed by atoms with Crippen molar-refractivity contribution in [2.75, 3.05) is 5.32 Å². The summed E-state index contributed by atoms with van der Waals surface area (Å²) >= 11 is 0. The molecular weight excluding hydrogens is 370 g/mol. The standard InChI is InChI=1S/C22H27N3O4/c1-4-6-20(26)23-18-11-9-17(10-12-18)22(28)25-24-21(27)15(3)29-19-13-7-16(5-2)8-14-19/h7-15H,4-6H2,1-3H3,(H,23,26)(H,24,27)(H,25,28). The Labute approximate surface area is 170 Å². The Bertz CT molecular complexity index is 832. The van der Waals surface area contributed by atoms with Gasteiger partial charge < -0.3 is 10.1 Å². The van der Waals surface area contributed by atoms with Crippen LogP contribution in [0, 0.1) is 0 Å². The summed E-state index contributed by atoms with van der Waals surface area (Å²) in [7, 11) is 0. The summed E-state index contributed by atoms with van der Waals surface area (Å²) in [6.07, 6.45) is 1.35. The number of rotatable bonds is 8. The molecule has 3 N–H and O–H groups in total. The maximum absolute atomic E-state index is 12.2. The molecule has 0 radical (unpaired) electrons. The number of anilines is 1. The van der Waals surface area contributed by atoms with E-state index in [1.807, 2.05) is 31.2 Å². The van der Waals surface area contributed by atoms with E-state index in [-0.39, 0.29) is 5.91 Å². The summed E-state index contributed by atoms with van der Waals surface area (Å²) < 4.78 is 5.58. The highest BCUT2D eigenvalue weighted by atomic mass is 16.5. The van der Waals surface area contributed by atoms with Crippen LogP contribution in [0.15, 0.2) is 48.5 Å². The lowest BCUT2D eigenvalue weighted by Crippen LogP contribution is -2.47. The van der Waals surface area contributed by atoms with E-state index in [9.17, 15) is 14.4 Å². The van der Waals surface area contributed by atoms with Crippen molar-refractivity contribution >= 4 is 23.4 Å². The van der Waals surface area contributed by atoms with Crippen LogP contribution in [0.3, 0.4) is 0 Å². The third kappa shape index (κ3) is 6.95. The van der Waals surface area contributed by atoms with E-state index in [1.54, 1.807) is 31.2 Å². The van der Waals surface area contributed by atoms with Gasteiger partial charge in [-0.2, -0.15) is 0 Å². The van der Waals surface area contributed by atoms with Gasteiger partial charge in [0.25, 0.3) is 11.8 Å². The molecule has 0 aliphatic rings. The first-order chi connectivity index (χ1) is 13.9. The molecule has 1 atom stereocenters. The van der Waals surface area contributed by atoms with Crippen LogP contribution in [-0.2, 0) is 16.0 Å². The molecule has 7 nitrogen and oxygen atoms in total. The normalized spacial score (nSPS) is 11.3. The molecule has 29 heavy (non-hydrogen) atoms. The Hall–Kier alpha value is -3.35. The minimum atomic E-state index is -0.779. The molecule has 0 saturated carbocycles. The Kier molecular flexibility index (Phi) is 8.21. The largest absolute Gasteiger partial charge is 0.481 e. The monoisotopic (exact) mass is 397 g/mol. The number of ether oxygens (including phenoxy) is 1. The molecule has 0 spiro atoms. The van der Waals surface area contributed by atoms with Crippen LogP contribution in [0.2, 0.25) is 0 Å². The first-order valence-corrected chi connectivity index (χ1v) is 9.68. The zero-order valence-electron chi connectivity index (χ0n) is 17.0. The number of hydrazine groups is 1. The summed E-state index contributed by atoms with van der Waals surface area (Å²) in [6, 6.07) is 13.9. The van der Waals surface area contributed by atoms with Gasteiger partial charge in [0.1, 0.15) is 5.75 Å². The number of nitrogens with one attached hydrogen (secondary N) is 3. The number of aryl methyl sites for hydroxylation is 1. The lowest BCUT2D eigenvalue weighted by molar-refractivity contribution is -0.128. The van der Waals surface area contributed by atoms with Crippen LogP contribution < -0.4 is 20.9 Å². The van der Waals surface area contributed by atoms with E-state index in [1.165, 1.54) is 5.56 Å². The number of hydrogen-bond acceptors (Lipinski definition) is 4. The number of carbonyl (C=O) groups excluding carboxylic acids is 3. The molecule has 2 aromatic carbocycles. The minimum Gasteiger partial charge on any atom is -0.481 e. The SMILES string of the molecule is CCCC(=O)Nc1ccc(C(=O)NNC(=O)C(C)Oc2ccc(CC)cc2)cc1. The lowest BCUT2D eigenvalue weighted by Gasteiger charge is -2.15. The highest BCUT2D eigenvalue weighted by molar-refractivity contribution is 5.97. The molecule has 1 unspecified atom stereocenters. The quantitative estimate of drug-likeness (QED) is 0.596. The van der Waals surface area contributed by atoms with E-state index in [4.69, 9.17) is 4.74 Å². The molecule has 0 saturated heterocycles. The number of carbonyl (C=O) groups is 3. The Balaban J connectivity index is 1.82. The zero-order chi connectivity index (χ0) is 21.2. The second kappa shape index (κ2) is 10.8. The van der Waals surface area contributed by atoms with Crippen molar-refractivity contribution < 1.29 is 19.1 Å². The number of hydrogen-bond donors (Lipinski definition) is 3. The summed E-state index contributed by atoms with van der Waals surface area (Å²) in [4.78, 5) is 35.9. The molecule has 0 aliphatic carbocycles. The maximum Gasteiger partial charge on any atom is 0.279 e. The van der Waals surface area contributed by atoms with E-state index in [0.717, 1.165) is 12.8 Å². The molecular formula is C22H27N3O4. The van der Waals surface area contributed by atoms with Crippen LogP contribution in [0.25, 0.3) is 0 Å².